The first-order valence-corrected chi connectivity index (χ1v) is 5.02. The minimum atomic E-state index is 0.523. The van der Waals surface area contributed by atoms with Gasteiger partial charge < -0.3 is 5.32 Å². The maximum Gasteiger partial charge on any atom is 0.00742 e. The molecule has 1 rings (SSSR count). The second kappa shape index (κ2) is 3.02. The van der Waals surface area contributed by atoms with E-state index in [1.807, 2.05) is 0 Å². The van der Waals surface area contributed by atoms with E-state index in [4.69, 9.17) is 0 Å². The molecule has 0 radical (unpaired) electrons. The Morgan fingerprint density at radius 3 is 1.75 bits per heavy atom. The van der Waals surface area contributed by atoms with E-state index in [9.17, 15) is 0 Å². The molecule has 1 N–H and O–H groups in total. The topological polar surface area (TPSA) is 12.0 Å². The lowest BCUT2D eigenvalue weighted by Gasteiger charge is -2.44. The van der Waals surface area contributed by atoms with E-state index in [0.717, 1.165) is 6.04 Å². The summed E-state index contributed by atoms with van der Waals surface area (Å²) in [5.74, 6) is 0. The highest BCUT2D eigenvalue weighted by Crippen LogP contribution is 2.45. The third-order valence-electron chi connectivity index (χ3n) is 2.96. The quantitative estimate of drug-likeness (QED) is 0.636. The number of nitrogens with one attached hydrogen (secondary N) is 1. The highest BCUT2D eigenvalue weighted by molar-refractivity contribution is 4.91. The van der Waals surface area contributed by atoms with Crippen molar-refractivity contribution < 1.29 is 0 Å². The van der Waals surface area contributed by atoms with Gasteiger partial charge in [-0.05, 0) is 37.1 Å². The highest BCUT2D eigenvalue weighted by Gasteiger charge is 2.37. The van der Waals surface area contributed by atoms with Crippen LogP contribution in [0.2, 0.25) is 0 Å². The molecular formula is C11H23N. The van der Waals surface area contributed by atoms with Crippen molar-refractivity contribution in [2.45, 2.75) is 53.0 Å². The van der Waals surface area contributed by atoms with Crippen LogP contribution in [0, 0.1) is 10.8 Å². The lowest BCUT2D eigenvalue weighted by molar-refractivity contribution is 0.0881. The van der Waals surface area contributed by atoms with E-state index in [1.165, 1.54) is 19.3 Å². The molecule has 0 atom stereocenters. The predicted molar refractivity (Wildman–Crippen MR) is 54.3 cm³/mol. The molecule has 72 valence electrons. The molecular weight excluding hydrogens is 146 g/mol. The molecule has 0 bridgehead atoms. The van der Waals surface area contributed by atoms with Gasteiger partial charge in [0.25, 0.3) is 0 Å². The molecule has 0 heterocycles. The van der Waals surface area contributed by atoms with Gasteiger partial charge in [-0.3, -0.25) is 0 Å². The molecule has 0 aromatic carbocycles. The predicted octanol–water partition coefficient (Wildman–Crippen LogP) is 2.81. The van der Waals surface area contributed by atoms with Crippen molar-refractivity contribution >= 4 is 0 Å². The van der Waals surface area contributed by atoms with Gasteiger partial charge in [-0.2, -0.15) is 0 Å². The van der Waals surface area contributed by atoms with Crippen molar-refractivity contribution in [2.24, 2.45) is 10.8 Å². The maximum absolute atomic E-state index is 3.42. The SMILES string of the molecule is CNC1CC(C)(C)CC(C)(C)C1. The van der Waals surface area contributed by atoms with Crippen LogP contribution in [0.4, 0.5) is 0 Å². The fraction of sp³-hybridized carbons (Fsp3) is 1.00. The normalized spacial score (nSPS) is 28.8. The van der Waals surface area contributed by atoms with E-state index >= 15 is 0 Å². The molecule has 0 aromatic heterocycles. The molecule has 0 amide bonds. The highest BCUT2D eigenvalue weighted by atomic mass is 14.9. The van der Waals surface area contributed by atoms with Gasteiger partial charge in [-0.25, -0.2) is 0 Å². The van der Waals surface area contributed by atoms with E-state index in [2.05, 4.69) is 40.1 Å². The van der Waals surface area contributed by atoms with Crippen LogP contribution in [0.3, 0.4) is 0 Å². The van der Waals surface area contributed by atoms with Crippen LogP contribution in [0.5, 0.6) is 0 Å². The van der Waals surface area contributed by atoms with Gasteiger partial charge in [0.05, 0.1) is 0 Å². The molecule has 1 fully saturated rings. The van der Waals surface area contributed by atoms with Crippen molar-refractivity contribution in [3.05, 3.63) is 0 Å². The van der Waals surface area contributed by atoms with Crippen LogP contribution in [-0.4, -0.2) is 13.1 Å². The second-order valence-electron chi connectivity index (χ2n) is 5.90. The fourth-order valence-corrected chi connectivity index (χ4v) is 3.05. The Hall–Kier alpha value is -0.0400. The maximum atomic E-state index is 3.42. The lowest BCUT2D eigenvalue weighted by Crippen LogP contribution is -2.42. The third-order valence-corrected chi connectivity index (χ3v) is 2.96. The zero-order valence-electron chi connectivity index (χ0n) is 9.20. The average molecular weight is 169 g/mol. The second-order valence-corrected chi connectivity index (χ2v) is 5.90. The van der Waals surface area contributed by atoms with Crippen LogP contribution in [0.15, 0.2) is 0 Å². The Labute approximate surface area is 76.9 Å². The summed E-state index contributed by atoms with van der Waals surface area (Å²) in [6.45, 7) is 9.55. The first kappa shape index (κ1) is 10.0. The Kier molecular flexibility index (Phi) is 2.53. The summed E-state index contributed by atoms with van der Waals surface area (Å²) >= 11 is 0. The van der Waals surface area contributed by atoms with Gasteiger partial charge in [0, 0.05) is 6.04 Å². The number of hydrogen-bond acceptors (Lipinski definition) is 1. The molecule has 0 unspecified atom stereocenters. The van der Waals surface area contributed by atoms with Gasteiger partial charge in [0.2, 0.25) is 0 Å². The number of hydrogen-bond donors (Lipinski definition) is 1. The van der Waals surface area contributed by atoms with Crippen LogP contribution >= 0.6 is 0 Å². The molecule has 12 heavy (non-hydrogen) atoms. The third kappa shape index (κ3) is 2.48. The Bertz CT molecular complexity index is 142. The van der Waals surface area contributed by atoms with Gasteiger partial charge in [0.15, 0.2) is 0 Å². The Balaban J connectivity index is 2.66. The van der Waals surface area contributed by atoms with E-state index in [-0.39, 0.29) is 0 Å². The standard InChI is InChI=1S/C11H23N/c1-10(2)6-9(12-5)7-11(3,4)8-10/h9,12H,6-8H2,1-5H3. The van der Waals surface area contributed by atoms with Crippen molar-refractivity contribution in [3.8, 4) is 0 Å². The summed E-state index contributed by atoms with van der Waals surface area (Å²) in [6, 6.07) is 0.726. The van der Waals surface area contributed by atoms with E-state index in [1.54, 1.807) is 0 Å². The largest absolute Gasteiger partial charge is 0.317 e. The zero-order valence-corrected chi connectivity index (χ0v) is 9.20. The summed E-state index contributed by atoms with van der Waals surface area (Å²) in [7, 11) is 2.09. The molecule has 1 nitrogen and oxygen atoms in total. The van der Waals surface area contributed by atoms with Gasteiger partial charge >= 0.3 is 0 Å². The molecule has 1 saturated carbocycles. The van der Waals surface area contributed by atoms with E-state index < -0.39 is 0 Å². The monoisotopic (exact) mass is 169 g/mol. The summed E-state index contributed by atoms with van der Waals surface area (Å²) < 4.78 is 0. The smallest absolute Gasteiger partial charge is 0.00742 e. The Morgan fingerprint density at radius 1 is 1.00 bits per heavy atom. The van der Waals surface area contributed by atoms with Crippen molar-refractivity contribution in [1.82, 2.24) is 5.32 Å². The molecule has 1 heteroatoms. The minimum Gasteiger partial charge on any atom is -0.317 e. The minimum absolute atomic E-state index is 0.523. The first-order chi connectivity index (χ1) is 5.35. The summed E-state index contributed by atoms with van der Waals surface area (Å²) in [5.41, 5.74) is 1.05. The first-order valence-electron chi connectivity index (χ1n) is 5.02. The molecule has 0 aliphatic heterocycles. The Morgan fingerprint density at radius 2 is 1.42 bits per heavy atom. The van der Waals surface area contributed by atoms with Gasteiger partial charge in [-0.15, -0.1) is 0 Å². The zero-order chi connectivity index (χ0) is 9.41. The summed E-state index contributed by atoms with van der Waals surface area (Å²) in [5, 5.41) is 3.42. The molecule has 1 aliphatic carbocycles. The van der Waals surface area contributed by atoms with Crippen molar-refractivity contribution in [3.63, 3.8) is 0 Å². The van der Waals surface area contributed by atoms with Crippen LogP contribution in [0.1, 0.15) is 47.0 Å². The van der Waals surface area contributed by atoms with Crippen molar-refractivity contribution in [1.29, 1.82) is 0 Å². The summed E-state index contributed by atoms with van der Waals surface area (Å²) in [4.78, 5) is 0. The molecule has 0 saturated heterocycles. The van der Waals surface area contributed by atoms with Crippen molar-refractivity contribution in [2.75, 3.05) is 7.05 Å². The van der Waals surface area contributed by atoms with Crippen LogP contribution in [-0.2, 0) is 0 Å². The van der Waals surface area contributed by atoms with Gasteiger partial charge in [-0.1, -0.05) is 27.7 Å². The van der Waals surface area contributed by atoms with E-state index in [0.29, 0.717) is 10.8 Å². The average Bonchev–Trinajstić information content (AvgIpc) is 1.80. The van der Waals surface area contributed by atoms with Gasteiger partial charge in [0.1, 0.15) is 0 Å². The number of rotatable bonds is 1. The fourth-order valence-electron chi connectivity index (χ4n) is 3.05. The summed E-state index contributed by atoms with van der Waals surface area (Å²) in [6.07, 6.45) is 4.01. The molecule has 1 aliphatic rings. The molecule has 0 aromatic rings. The van der Waals surface area contributed by atoms with Crippen LogP contribution in [0.25, 0.3) is 0 Å². The lowest BCUT2D eigenvalue weighted by atomic mass is 9.63. The van der Waals surface area contributed by atoms with Crippen LogP contribution < -0.4 is 5.32 Å². The molecule has 0 spiro atoms.